The van der Waals surface area contributed by atoms with E-state index >= 15 is 0 Å². The molecule has 1 heterocycles. The number of halogens is 1. The molecule has 20 heavy (non-hydrogen) atoms. The molecule has 1 aliphatic rings. The second-order valence-corrected chi connectivity index (χ2v) is 8.48. The molecule has 4 nitrogen and oxygen atoms in total. The van der Waals surface area contributed by atoms with E-state index in [4.69, 9.17) is 4.55 Å². The quantitative estimate of drug-likeness (QED) is 0.474. The molecular formula is C14H19INO3S+. The van der Waals surface area contributed by atoms with E-state index < -0.39 is 10.1 Å². The van der Waals surface area contributed by atoms with Gasteiger partial charge in [-0.3, -0.25) is 4.55 Å². The van der Waals surface area contributed by atoms with Crippen LogP contribution < -0.4 is 0 Å². The highest BCUT2D eigenvalue weighted by Crippen LogP contribution is 2.40. The van der Waals surface area contributed by atoms with Gasteiger partial charge in [0.15, 0.2) is 5.71 Å². The normalized spacial score (nSPS) is 17.4. The lowest BCUT2D eigenvalue weighted by Gasteiger charge is -2.14. The predicted octanol–water partition coefficient (Wildman–Crippen LogP) is 2.97. The van der Waals surface area contributed by atoms with Crippen LogP contribution in [0.25, 0.3) is 0 Å². The van der Waals surface area contributed by atoms with Gasteiger partial charge in [-0.25, -0.2) is 0 Å². The third-order valence-electron chi connectivity index (χ3n) is 4.02. The van der Waals surface area contributed by atoms with Crippen LogP contribution in [0.4, 0.5) is 5.69 Å². The van der Waals surface area contributed by atoms with E-state index in [-0.39, 0.29) is 11.2 Å². The van der Waals surface area contributed by atoms with Crippen LogP contribution in [0, 0.1) is 3.57 Å². The summed E-state index contributed by atoms with van der Waals surface area (Å²) in [7, 11) is -3.88. The summed E-state index contributed by atoms with van der Waals surface area (Å²) in [5, 5.41) is 0. The van der Waals surface area contributed by atoms with Crippen molar-refractivity contribution in [2.24, 2.45) is 0 Å². The maximum Gasteiger partial charge on any atom is 0.265 e. The van der Waals surface area contributed by atoms with Gasteiger partial charge in [0.2, 0.25) is 5.69 Å². The summed E-state index contributed by atoms with van der Waals surface area (Å²) in [4.78, 5) is 0. The molecule has 0 fully saturated rings. The van der Waals surface area contributed by atoms with Gasteiger partial charge in [0.25, 0.3) is 10.1 Å². The van der Waals surface area contributed by atoms with Gasteiger partial charge in [-0.2, -0.15) is 13.0 Å². The van der Waals surface area contributed by atoms with Crippen molar-refractivity contribution in [3.05, 3.63) is 27.3 Å². The minimum atomic E-state index is -3.88. The highest BCUT2D eigenvalue weighted by Gasteiger charge is 2.42. The Hall–Kier alpha value is -0.470. The van der Waals surface area contributed by atoms with E-state index in [2.05, 4.69) is 66.1 Å². The first kappa shape index (κ1) is 15.9. The van der Waals surface area contributed by atoms with Crippen molar-refractivity contribution >= 4 is 44.1 Å². The van der Waals surface area contributed by atoms with Gasteiger partial charge in [-0.05, 0) is 48.6 Å². The summed E-state index contributed by atoms with van der Waals surface area (Å²) in [5.74, 6) is -0.198. The van der Waals surface area contributed by atoms with Crippen LogP contribution in [0.3, 0.4) is 0 Å². The van der Waals surface area contributed by atoms with E-state index in [1.807, 2.05) is 0 Å². The lowest BCUT2D eigenvalue weighted by Crippen LogP contribution is -2.27. The number of rotatable bonds is 4. The molecule has 1 aromatic carbocycles. The number of nitrogens with zero attached hydrogens (tertiary/aromatic N) is 1. The van der Waals surface area contributed by atoms with Crippen molar-refractivity contribution < 1.29 is 17.5 Å². The fourth-order valence-corrected chi connectivity index (χ4v) is 3.64. The number of hydrogen-bond donors (Lipinski definition) is 1. The zero-order valence-electron chi connectivity index (χ0n) is 11.9. The molecule has 0 bridgehead atoms. The lowest BCUT2D eigenvalue weighted by atomic mass is 9.82. The molecule has 0 radical (unpaired) electrons. The van der Waals surface area contributed by atoms with Crippen molar-refractivity contribution in [3.63, 3.8) is 0 Å². The first-order valence-corrected chi connectivity index (χ1v) is 9.18. The molecule has 2 rings (SSSR count). The molecule has 1 N–H and O–H groups in total. The van der Waals surface area contributed by atoms with Crippen molar-refractivity contribution in [1.29, 1.82) is 0 Å². The molecular weight excluding hydrogens is 389 g/mol. The Morgan fingerprint density at radius 3 is 2.60 bits per heavy atom. The van der Waals surface area contributed by atoms with Crippen LogP contribution in [-0.4, -0.2) is 35.6 Å². The highest BCUT2D eigenvalue weighted by molar-refractivity contribution is 14.1. The summed E-state index contributed by atoms with van der Waals surface area (Å²) >= 11 is 2.30. The largest absolute Gasteiger partial charge is 0.286 e. The molecule has 0 aliphatic carbocycles. The summed E-state index contributed by atoms with van der Waals surface area (Å²) < 4.78 is 33.9. The molecule has 1 aromatic rings. The van der Waals surface area contributed by atoms with Gasteiger partial charge >= 0.3 is 0 Å². The van der Waals surface area contributed by atoms with Crippen molar-refractivity contribution in [3.8, 4) is 0 Å². The Kier molecular flexibility index (Phi) is 4.28. The first-order valence-electron chi connectivity index (χ1n) is 6.50. The second kappa shape index (κ2) is 5.38. The van der Waals surface area contributed by atoms with Gasteiger partial charge in [-0.15, -0.1) is 0 Å². The number of fused-ring (bicyclic) bond motifs is 1. The molecule has 1 aliphatic heterocycles. The van der Waals surface area contributed by atoms with Crippen LogP contribution in [0.15, 0.2) is 18.2 Å². The third-order valence-corrected chi connectivity index (χ3v) is 5.49. The van der Waals surface area contributed by atoms with Crippen LogP contribution in [-0.2, 0) is 15.5 Å². The summed E-state index contributed by atoms with van der Waals surface area (Å²) in [5.41, 5.74) is 3.58. The van der Waals surface area contributed by atoms with Crippen LogP contribution in [0.5, 0.6) is 0 Å². The van der Waals surface area contributed by atoms with Crippen LogP contribution in [0.1, 0.15) is 32.8 Å². The maximum atomic E-state index is 10.8. The standard InChI is InChI=1S/C14H18INO3S/c1-10-14(2,3)12-9-11(15)5-6-13(12)16(10)7-4-8-20(17,18)19/h5-6,9H,4,7-8H2,1-3H3/p+1. The zero-order valence-corrected chi connectivity index (χ0v) is 14.8. The Labute approximate surface area is 133 Å². The molecule has 0 aromatic heterocycles. The second-order valence-electron chi connectivity index (χ2n) is 5.66. The smallest absolute Gasteiger partial charge is 0.265 e. The fraction of sp³-hybridized carbons (Fsp3) is 0.500. The van der Waals surface area contributed by atoms with Crippen molar-refractivity contribution in [2.75, 3.05) is 12.3 Å². The van der Waals surface area contributed by atoms with Crippen molar-refractivity contribution in [1.82, 2.24) is 0 Å². The van der Waals surface area contributed by atoms with Gasteiger partial charge < -0.3 is 0 Å². The molecule has 0 saturated heterocycles. The summed E-state index contributed by atoms with van der Waals surface area (Å²) in [6, 6.07) is 6.33. The number of hydrogen-bond acceptors (Lipinski definition) is 2. The minimum absolute atomic E-state index is 0.0470. The van der Waals surface area contributed by atoms with Crippen LogP contribution >= 0.6 is 22.6 Å². The zero-order chi connectivity index (χ0) is 15.1. The van der Waals surface area contributed by atoms with E-state index in [1.165, 1.54) is 14.8 Å². The summed E-state index contributed by atoms with van der Waals surface area (Å²) in [6.45, 7) is 7.04. The first-order chi connectivity index (χ1) is 9.13. The van der Waals surface area contributed by atoms with Gasteiger partial charge in [0.05, 0.1) is 11.2 Å². The predicted molar refractivity (Wildman–Crippen MR) is 88.7 cm³/mol. The minimum Gasteiger partial charge on any atom is -0.286 e. The van der Waals surface area contributed by atoms with Gasteiger partial charge in [-0.1, -0.05) is 0 Å². The van der Waals surface area contributed by atoms with E-state index in [0.29, 0.717) is 13.0 Å². The Bertz CT molecular complexity index is 678. The van der Waals surface area contributed by atoms with Gasteiger partial charge in [0, 0.05) is 28.5 Å². The van der Waals surface area contributed by atoms with E-state index in [1.54, 1.807) is 0 Å². The molecule has 0 spiro atoms. The summed E-state index contributed by atoms with van der Waals surface area (Å²) in [6.07, 6.45) is 0.414. The molecule has 6 heteroatoms. The molecule has 0 atom stereocenters. The monoisotopic (exact) mass is 408 g/mol. The molecule has 0 amide bonds. The molecule has 110 valence electrons. The average molecular weight is 408 g/mol. The third kappa shape index (κ3) is 3.07. The Morgan fingerprint density at radius 1 is 1.35 bits per heavy atom. The molecule has 0 unspecified atom stereocenters. The average Bonchev–Trinajstić information content (AvgIpc) is 2.49. The molecule has 0 saturated carbocycles. The Balaban J connectivity index is 2.32. The van der Waals surface area contributed by atoms with E-state index in [0.717, 1.165) is 5.69 Å². The van der Waals surface area contributed by atoms with Crippen LogP contribution in [0.2, 0.25) is 0 Å². The van der Waals surface area contributed by atoms with E-state index in [9.17, 15) is 8.42 Å². The fourth-order valence-electron chi connectivity index (χ4n) is 2.65. The highest BCUT2D eigenvalue weighted by atomic mass is 127. The Morgan fingerprint density at radius 2 is 2.00 bits per heavy atom. The SMILES string of the molecule is CC1=[N+](CCCS(=O)(=O)O)c2ccc(I)cc2C1(C)C. The number of benzene rings is 1. The maximum absolute atomic E-state index is 10.8. The topological polar surface area (TPSA) is 57.4 Å². The van der Waals surface area contributed by atoms with Gasteiger partial charge in [0.1, 0.15) is 6.54 Å². The van der Waals surface area contributed by atoms with Crippen molar-refractivity contribution in [2.45, 2.75) is 32.6 Å². The lowest BCUT2D eigenvalue weighted by molar-refractivity contribution is -0.438.